The highest BCUT2D eigenvalue weighted by Gasteiger charge is 2.36. The first kappa shape index (κ1) is 26.7. The molecule has 1 saturated carbocycles. The second-order valence-electron chi connectivity index (χ2n) is 10.5. The largest absolute Gasteiger partial charge is 0.507 e. The van der Waals surface area contributed by atoms with Gasteiger partial charge in [0.25, 0.3) is 0 Å². The van der Waals surface area contributed by atoms with Crippen LogP contribution < -0.4 is 10.1 Å². The molecule has 2 unspecified atom stereocenters. The first-order valence-electron chi connectivity index (χ1n) is 13.4. The number of carbonyl (C=O) groups is 2. The molecule has 0 radical (unpaired) electrons. The summed E-state index contributed by atoms with van der Waals surface area (Å²) in [5.41, 5.74) is 3.62. The molecule has 2 atom stereocenters. The van der Waals surface area contributed by atoms with E-state index in [1.165, 1.54) is 5.56 Å². The van der Waals surface area contributed by atoms with Gasteiger partial charge in [-0.15, -0.1) is 0 Å². The molecule has 1 fully saturated rings. The third-order valence-corrected chi connectivity index (χ3v) is 9.12. The van der Waals surface area contributed by atoms with Crippen molar-refractivity contribution in [2.24, 2.45) is 17.8 Å². The van der Waals surface area contributed by atoms with E-state index in [-0.39, 0.29) is 29.3 Å². The number of halogens is 1. The van der Waals surface area contributed by atoms with Gasteiger partial charge < -0.3 is 15.2 Å². The Labute approximate surface area is 223 Å². The van der Waals surface area contributed by atoms with Crippen LogP contribution in [-0.4, -0.2) is 23.9 Å². The number of anilines is 1. The lowest BCUT2D eigenvalue weighted by molar-refractivity contribution is -0.121. The molecule has 0 spiro atoms. The van der Waals surface area contributed by atoms with Gasteiger partial charge >= 0.3 is 0 Å². The Balaban J connectivity index is 1.37. The van der Waals surface area contributed by atoms with E-state index < -0.39 is 0 Å². The molecule has 2 aliphatic rings. The van der Waals surface area contributed by atoms with Crippen LogP contribution in [0.15, 0.2) is 34.8 Å². The van der Waals surface area contributed by atoms with Gasteiger partial charge in [-0.3, -0.25) is 9.59 Å². The fourth-order valence-corrected chi connectivity index (χ4v) is 6.72. The zero-order valence-corrected chi connectivity index (χ0v) is 23.2. The summed E-state index contributed by atoms with van der Waals surface area (Å²) in [5, 5.41) is 13.1. The monoisotopic (exact) mass is 555 g/mol. The number of methoxy groups -OCH3 is 1. The Bertz CT molecular complexity index is 1110. The minimum Gasteiger partial charge on any atom is -0.507 e. The first-order chi connectivity index (χ1) is 17.3. The van der Waals surface area contributed by atoms with Gasteiger partial charge in [-0.25, -0.2) is 0 Å². The summed E-state index contributed by atoms with van der Waals surface area (Å²) in [6.45, 7) is 4.39. The molecular weight excluding hydrogens is 518 g/mol. The van der Waals surface area contributed by atoms with Crippen LogP contribution in [0.2, 0.25) is 0 Å². The maximum Gasteiger partial charge on any atom is 0.227 e. The molecule has 2 aromatic carbocycles. The third kappa shape index (κ3) is 5.64. The Morgan fingerprint density at radius 2 is 1.92 bits per heavy atom. The Hall–Kier alpha value is -2.34. The maximum atomic E-state index is 13.4. The van der Waals surface area contributed by atoms with Gasteiger partial charge in [-0.05, 0) is 108 Å². The molecular formula is C30H38BrNO4. The number of phenols is 1. The fourth-order valence-electron chi connectivity index (χ4n) is 6.18. The molecule has 2 aromatic rings. The second kappa shape index (κ2) is 11.8. The first-order valence-corrected chi connectivity index (χ1v) is 14.2. The van der Waals surface area contributed by atoms with Crippen molar-refractivity contribution in [3.63, 3.8) is 0 Å². The number of fused-ring (bicyclic) bond motifs is 1. The smallest absolute Gasteiger partial charge is 0.227 e. The van der Waals surface area contributed by atoms with Gasteiger partial charge in [0.1, 0.15) is 11.5 Å². The predicted molar refractivity (Wildman–Crippen MR) is 147 cm³/mol. The summed E-state index contributed by atoms with van der Waals surface area (Å²) < 4.78 is 6.27. The number of Topliss-reactive ketones (excluding diaryl/α,β-unsaturated/α-hetero) is 1. The van der Waals surface area contributed by atoms with Crippen molar-refractivity contribution in [1.29, 1.82) is 0 Å². The van der Waals surface area contributed by atoms with Crippen LogP contribution in [0.4, 0.5) is 5.69 Å². The van der Waals surface area contributed by atoms with Crippen LogP contribution in [0.25, 0.3) is 0 Å². The van der Waals surface area contributed by atoms with E-state index in [1.54, 1.807) is 19.2 Å². The van der Waals surface area contributed by atoms with E-state index in [2.05, 4.69) is 41.2 Å². The molecule has 1 amide bonds. The standard InChI is InChI=1S/C30H38BrNO4/c1-4-6-18(2)22-14-13-21(17-27(22)36-3)32-30(35)20-11-9-19(10-12-20)23-7-5-8-24-25(29(23)34)15-16-26(33)28(24)31/h13-20,23,33H,4-12H2,1-3H3,(H,32,35). The SMILES string of the molecule is CCCC(C)c1ccc(NC(=O)C2CCC(C3CCCc4c(ccc(O)c4Br)C3=O)CC2)cc1OC. The van der Waals surface area contributed by atoms with Crippen molar-refractivity contribution in [3.8, 4) is 11.5 Å². The highest BCUT2D eigenvalue weighted by atomic mass is 79.9. The van der Waals surface area contributed by atoms with Crippen LogP contribution >= 0.6 is 15.9 Å². The number of hydrogen-bond donors (Lipinski definition) is 2. The average Bonchev–Trinajstić information content (AvgIpc) is 3.05. The molecule has 0 aromatic heterocycles. The van der Waals surface area contributed by atoms with Gasteiger partial charge in [0.2, 0.25) is 5.91 Å². The summed E-state index contributed by atoms with van der Waals surface area (Å²) >= 11 is 3.47. The van der Waals surface area contributed by atoms with E-state index in [1.807, 2.05) is 12.1 Å². The lowest BCUT2D eigenvalue weighted by Gasteiger charge is -2.32. The molecule has 0 aliphatic heterocycles. The Morgan fingerprint density at radius 3 is 2.61 bits per heavy atom. The number of phenolic OH excluding ortho intramolecular Hbond substituents is 1. The summed E-state index contributed by atoms with van der Waals surface area (Å²) in [7, 11) is 1.68. The Morgan fingerprint density at radius 1 is 1.17 bits per heavy atom. The summed E-state index contributed by atoms with van der Waals surface area (Å²) in [6.07, 6.45) is 8.19. The molecule has 194 valence electrons. The minimum atomic E-state index is -0.0369. The van der Waals surface area contributed by atoms with E-state index in [4.69, 9.17) is 4.74 Å². The average molecular weight is 557 g/mol. The summed E-state index contributed by atoms with van der Waals surface area (Å²) in [4.78, 5) is 26.5. The van der Waals surface area contributed by atoms with Crippen LogP contribution in [0.3, 0.4) is 0 Å². The zero-order chi connectivity index (χ0) is 25.8. The molecule has 6 heteroatoms. The highest BCUT2D eigenvalue weighted by Crippen LogP contribution is 2.42. The predicted octanol–water partition coefficient (Wildman–Crippen LogP) is 7.65. The summed E-state index contributed by atoms with van der Waals surface area (Å²) in [5.74, 6) is 1.94. The maximum absolute atomic E-state index is 13.4. The lowest BCUT2D eigenvalue weighted by atomic mass is 9.72. The second-order valence-corrected chi connectivity index (χ2v) is 11.3. The number of ether oxygens (including phenoxy) is 1. The number of aromatic hydroxyl groups is 1. The number of hydrogen-bond acceptors (Lipinski definition) is 4. The van der Waals surface area contributed by atoms with Crippen molar-refractivity contribution < 1.29 is 19.4 Å². The van der Waals surface area contributed by atoms with E-state index in [0.717, 1.165) is 80.4 Å². The Kier molecular flexibility index (Phi) is 8.76. The van der Waals surface area contributed by atoms with Gasteiger partial charge in [-0.2, -0.15) is 0 Å². The fraction of sp³-hybridized carbons (Fsp3) is 0.533. The van der Waals surface area contributed by atoms with Gasteiger partial charge in [0, 0.05) is 29.2 Å². The molecule has 4 rings (SSSR count). The number of nitrogens with one attached hydrogen (secondary N) is 1. The van der Waals surface area contributed by atoms with E-state index in [9.17, 15) is 14.7 Å². The number of carbonyl (C=O) groups excluding carboxylic acids is 2. The summed E-state index contributed by atoms with van der Waals surface area (Å²) in [6, 6.07) is 9.36. The number of amides is 1. The van der Waals surface area contributed by atoms with Gasteiger partial charge in [0.05, 0.1) is 11.6 Å². The van der Waals surface area contributed by atoms with Crippen molar-refractivity contribution in [2.45, 2.75) is 77.6 Å². The molecule has 0 bridgehead atoms. The van der Waals surface area contributed by atoms with Crippen LogP contribution in [-0.2, 0) is 11.2 Å². The highest BCUT2D eigenvalue weighted by molar-refractivity contribution is 9.10. The molecule has 5 nitrogen and oxygen atoms in total. The van der Waals surface area contributed by atoms with Crippen molar-refractivity contribution >= 4 is 33.3 Å². The van der Waals surface area contributed by atoms with Gasteiger partial charge in [0.15, 0.2) is 5.78 Å². The van der Waals surface area contributed by atoms with E-state index in [0.29, 0.717) is 16.3 Å². The minimum absolute atomic E-state index is 0.00591. The molecule has 0 saturated heterocycles. The third-order valence-electron chi connectivity index (χ3n) is 8.23. The van der Waals surface area contributed by atoms with Crippen molar-refractivity contribution in [2.75, 3.05) is 12.4 Å². The van der Waals surface area contributed by atoms with Crippen LogP contribution in [0.5, 0.6) is 11.5 Å². The van der Waals surface area contributed by atoms with Crippen molar-refractivity contribution in [1.82, 2.24) is 0 Å². The van der Waals surface area contributed by atoms with Crippen LogP contribution in [0, 0.1) is 17.8 Å². The molecule has 2 aliphatic carbocycles. The normalized spacial score (nSPS) is 22.9. The number of rotatable bonds is 7. The number of ketones is 1. The van der Waals surface area contributed by atoms with Gasteiger partial charge in [-0.1, -0.05) is 26.3 Å². The molecule has 0 heterocycles. The van der Waals surface area contributed by atoms with Crippen molar-refractivity contribution in [3.05, 3.63) is 51.5 Å². The molecule has 36 heavy (non-hydrogen) atoms. The topological polar surface area (TPSA) is 75.6 Å². The lowest BCUT2D eigenvalue weighted by Crippen LogP contribution is -2.32. The van der Waals surface area contributed by atoms with E-state index >= 15 is 0 Å². The molecule has 2 N–H and O–H groups in total. The number of benzene rings is 2. The zero-order valence-electron chi connectivity index (χ0n) is 21.6. The van der Waals surface area contributed by atoms with Crippen LogP contribution in [0.1, 0.15) is 92.6 Å². The quantitative estimate of drug-likeness (QED) is 0.344.